The Labute approximate surface area is 155 Å². The van der Waals surface area contributed by atoms with Gasteiger partial charge >= 0.3 is 5.63 Å². The number of halogens is 1. The summed E-state index contributed by atoms with van der Waals surface area (Å²) in [6.07, 6.45) is 0.722. The van der Waals surface area contributed by atoms with Crippen LogP contribution >= 0.6 is 11.6 Å². The Balaban J connectivity index is 1.83. The fourth-order valence-corrected chi connectivity index (χ4v) is 3.58. The molecule has 0 aliphatic carbocycles. The molecule has 1 aromatic heterocycles. The summed E-state index contributed by atoms with van der Waals surface area (Å²) < 4.78 is 16.6. The van der Waals surface area contributed by atoms with Gasteiger partial charge in [0.25, 0.3) is 0 Å². The van der Waals surface area contributed by atoms with Crippen LogP contribution in [0.25, 0.3) is 11.0 Å². The van der Waals surface area contributed by atoms with E-state index in [-0.39, 0.29) is 5.63 Å². The fraction of sp³-hybridized carbons (Fsp3) is 0.250. The first-order valence-corrected chi connectivity index (χ1v) is 8.78. The van der Waals surface area contributed by atoms with Crippen molar-refractivity contribution in [2.24, 2.45) is 0 Å². The number of aryl methyl sites for hydroxylation is 1. The van der Waals surface area contributed by atoms with E-state index < -0.39 is 0 Å². The third kappa shape index (κ3) is 2.78. The van der Waals surface area contributed by atoms with Crippen LogP contribution < -0.4 is 20.0 Å². The van der Waals surface area contributed by atoms with Gasteiger partial charge in [-0.3, -0.25) is 0 Å². The molecule has 0 radical (unpaired) electrons. The van der Waals surface area contributed by atoms with Crippen molar-refractivity contribution in [3.63, 3.8) is 0 Å². The van der Waals surface area contributed by atoms with Gasteiger partial charge in [-0.25, -0.2) is 4.79 Å². The fourth-order valence-electron chi connectivity index (χ4n) is 3.30. The molecule has 2 aromatic carbocycles. The molecule has 0 fully saturated rings. The maximum atomic E-state index is 12.0. The Hall–Kier alpha value is -2.66. The van der Waals surface area contributed by atoms with Crippen LogP contribution in [0.5, 0.6) is 11.5 Å². The number of ether oxygens (including phenoxy) is 2. The number of benzene rings is 2. The molecule has 3 aromatic rings. The summed E-state index contributed by atoms with van der Waals surface area (Å²) in [5.41, 5.74) is 2.88. The highest BCUT2D eigenvalue weighted by Crippen LogP contribution is 2.40. The second-order valence-corrected chi connectivity index (χ2v) is 6.56. The smallest absolute Gasteiger partial charge is 0.336 e. The van der Waals surface area contributed by atoms with Crippen LogP contribution in [0.1, 0.15) is 18.1 Å². The molecule has 0 spiro atoms. The molecule has 0 N–H and O–H groups in total. The zero-order valence-corrected chi connectivity index (χ0v) is 15.3. The van der Waals surface area contributed by atoms with Gasteiger partial charge in [0.05, 0.1) is 24.2 Å². The molecule has 5 nitrogen and oxygen atoms in total. The van der Waals surface area contributed by atoms with Crippen LogP contribution in [-0.2, 0) is 13.0 Å². The average molecular weight is 372 g/mol. The van der Waals surface area contributed by atoms with Crippen LogP contribution in [0.4, 0.5) is 5.69 Å². The first-order valence-electron chi connectivity index (χ1n) is 8.40. The number of fused-ring (bicyclic) bond motifs is 3. The van der Waals surface area contributed by atoms with E-state index in [4.69, 9.17) is 25.5 Å². The minimum atomic E-state index is -0.361. The molecule has 1 aliphatic heterocycles. The van der Waals surface area contributed by atoms with Gasteiger partial charge in [0.2, 0.25) is 0 Å². The van der Waals surface area contributed by atoms with Crippen molar-refractivity contribution in [1.82, 2.24) is 0 Å². The van der Waals surface area contributed by atoms with Gasteiger partial charge in [0.1, 0.15) is 17.1 Å². The molecule has 1 aliphatic rings. The van der Waals surface area contributed by atoms with Gasteiger partial charge in [0.15, 0.2) is 6.73 Å². The highest BCUT2D eigenvalue weighted by atomic mass is 35.5. The van der Waals surface area contributed by atoms with Crippen molar-refractivity contribution in [1.29, 1.82) is 0 Å². The molecule has 0 unspecified atom stereocenters. The van der Waals surface area contributed by atoms with Gasteiger partial charge in [0, 0.05) is 17.1 Å². The van der Waals surface area contributed by atoms with Gasteiger partial charge in [-0.1, -0.05) is 18.5 Å². The Morgan fingerprint density at radius 2 is 2.00 bits per heavy atom. The molecule has 4 rings (SSSR count). The van der Waals surface area contributed by atoms with E-state index in [2.05, 4.69) is 4.90 Å². The molecule has 6 heteroatoms. The second kappa shape index (κ2) is 6.57. The number of nitrogens with zero attached hydrogens (tertiary/aromatic N) is 1. The Morgan fingerprint density at radius 1 is 1.23 bits per heavy atom. The van der Waals surface area contributed by atoms with E-state index in [9.17, 15) is 4.79 Å². The predicted molar refractivity (Wildman–Crippen MR) is 102 cm³/mol. The van der Waals surface area contributed by atoms with Crippen molar-refractivity contribution in [2.45, 2.75) is 19.9 Å². The minimum absolute atomic E-state index is 0.361. The Morgan fingerprint density at radius 3 is 2.69 bits per heavy atom. The van der Waals surface area contributed by atoms with E-state index >= 15 is 0 Å². The summed E-state index contributed by atoms with van der Waals surface area (Å²) in [7, 11) is 1.64. The first-order chi connectivity index (χ1) is 12.6. The van der Waals surface area contributed by atoms with Crippen molar-refractivity contribution >= 4 is 28.3 Å². The summed E-state index contributed by atoms with van der Waals surface area (Å²) in [5, 5.41) is 1.39. The lowest BCUT2D eigenvalue weighted by atomic mass is 10.0. The van der Waals surface area contributed by atoms with Crippen LogP contribution in [0, 0.1) is 0 Å². The minimum Gasteiger partial charge on any atom is -0.497 e. The highest BCUT2D eigenvalue weighted by Gasteiger charge is 2.25. The summed E-state index contributed by atoms with van der Waals surface area (Å²) in [4.78, 5) is 14.0. The lowest BCUT2D eigenvalue weighted by Gasteiger charge is -2.31. The number of rotatable bonds is 3. The normalized spacial score (nSPS) is 13.4. The van der Waals surface area contributed by atoms with Crippen LogP contribution in [0.15, 0.2) is 45.6 Å². The molecular weight excluding hydrogens is 354 g/mol. The molecule has 134 valence electrons. The van der Waals surface area contributed by atoms with E-state index in [0.29, 0.717) is 29.6 Å². The van der Waals surface area contributed by atoms with E-state index in [1.54, 1.807) is 7.11 Å². The van der Waals surface area contributed by atoms with E-state index in [0.717, 1.165) is 34.4 Å². The molecule has 0 amide bonds. The van der Waals surface area contributed by atoms with Gasteiger partial charge in [-0.2, -0.15) is 0 Å². The quantitative estimate of drug-likeness (QED) is 0.640. The zero-order valence-electron chi connectivity index (χ0n) is 14.5. The van der Waals surface area contributed by atoms with Crippen LogP contribution in [-0.4, -0.2) is 13.8 Å². The standard InChI is InChI=1S/C20H18ClNO4/c1-3-12-8-18(23)26-19-15(12)9-17(21)20-16(19)10-22(11-25-20)13-4-6-14(24-2)7-5-13/h4-9H,3,10-11H2,1-2H3. The third-order valence-electron chi connectivity index (χ3n) is 4.65. The van der Waals surface area contributed by atoms with Crippen LogP contribution in [0.2, 0.25) is 5.02 Å². The first kappa shape index (κ1) is 16.8. The number of methoxy groups -OCH3 is 1. The molecule has 0 bridgehead atoms. The average Bonchev–Trinajstić information content (AvgIpc) is 2.68. The number of anilines is 1. The molecular formula is C20H18ClNO4. The largest absolute Gasteiger partial charge is 0.497 e. The summed E-state index contributed by atoms with van der Waals surface area (Å²) in [5.74, 6) is 1.37. The second-order valence-electron chi connectivity index (χ2n) is 6.16. The maximum absolute atomic E-state index is 12.0. The van der Waals surface area contributed by atoms with Gasteiger partial charge < -0.3 is 18.8 Å². The van der Waals surface area contributed by atoms with Crippen molar-refractivity contribution in [2.75, 3.05) is 18.7 Å². The summed E-state index contributed by atoms with van der Waals surface area (Å²) in [6, 6.07) is 11.1. The predicted octanol–water partition coefficient (Wildman–Crippen LogP) is 4.37. The van der Waals surface area contributed by atoms with E-state index in [1.807, 2.05) is 37.3 Å². The molecule has 0 saturated carbocycles. The monoisotopic (exact) mass is 371 g/mol. The molecule has 26 heavy (non-hydrogen) atoms. The molecule has 0 saturated heterocycles. The van der Waals surface area contributed by atoms with Crippen molar-refractivity contribution < 1.29 is 13.9 Å². The summed E-state index contributed by atoms with van der Waals surface area (Å²) in [6.45, 7) is 2.90. The molecule has 2 heterocycles. The zero-order chi connectivity index (χ0) is 18.3. The SMILES string of the molecule is CCc1cc(=O)oc2c3c(c(Cl)cc12)OCN(c1ccc(OC)cc1)C3. The molecule has 0 atom stereocenters. The van der Waals surface area contributed by atoms with Gasteiger partial charge in [-0.15, -0.1) is 0 Å². The van der Waals surface area contributed by atoms with Crippen molar-refractivity contribution in [3.8, 4) is 11.5 Å². The van der Waals surface area contributed by atoms with E-state index in [1.165, 1.54) is 6.07 Å². The maximum Gasteiger partial charge on any atom is 0.336 e. The topological polar surface area (TPSA) is 51.9 Å². The third-order valence-corrected chi connectivity index (χ3v) is 4.93. The number of hydrogen-bond donors (Lipinski definition) is 0. The van der Waals surface area contributed by atoms with Crippen LogP contribution in [0.3, 0.4) is 0 Å². The van der Waals surface area contributed by atoms with Crippen molar-refractivity contribution in [3.05, 3.63) is 63.0 Å². The summed E-state index contributed by atoms with van der Waals surface area (Å²) >= 11 is 6.44. The lowest BCUT2D eigenvalue weighted by molar-refractivity contribution is 0.289. The lowest BCUT2D eigenvalue weighted by Crippen LogP contribution is -2.32. The highest BCUT2D eigenvalue weighted by molar-refractivity contribution is 6.33. The Kier molecular flexibility index (Phi) is 4.24. The van der Waals surface area contributed by atoms with Gasteiger partial charge in [-0.05, 0) is 42.3 Å². The Bertz CT molecular complexity index is 1030. The number of hydrogen-bond acceptors (Lipinski definition) is 5.